The van der Waals surface area contributed by atoms with E-state index in [1.807, 2.05) is 14.0 Å². The van der Waals surface area contributed by atoms with Gasteiger partial charge < -0.3 is 20.9 Å². The molecule has 4 rings (SSSR count). The van der Waals surface area contributed by atoms with Gasteiger partial charge in [0, 0.05) is 54.9 Å². The molecule has 3 N–H and O–H groups in total. The Bertz CT molecular complexity index is 1410. The number of amides is 1. The lowest BCUT2D eigenvalue weighted by Crippen LogP contribution is -2.30. The SMILES string of the molecule is CCCN(C)CCNCc1ccc(NC(=O)c2ccc(C)c(C#Cc3cnc(NC4CC4)nc3)c2)cc1C(F)(F)F. The molecule has 216 valence electrons. The maximum absolute atomic E-state index is 13.9. The number of rotatable bonds is 11. The van der Waals surface area contributed by atoms with Gasteiger partial charge in [0.2, 0.25) is 5.95 Å². The molecule has 0 spiro atoms. The number of nitrogens with zero attached hydrogens (tertiary/aromatic N) is 3. The number of alkyl halides is 3. The molecule has 1 aliphatic carbocycles. The average Bonchev–Trinajstić information content (AvgIpc) is 3.75. The molecule has 1 amide bonds. The molecule has 0 unspecified atom stereocenters. The number of carbonyl (C=O) groups is 1. The smallest absolute Gasteiger partial charge is 0.351 e. The van der Waals surface area contributed by atoms with Crippen LogP contribution in [0.1, 0.15) is 64.4 Å². The van der Waals surface area contributed by atoms with E-state index in [0.29, 0.717) is 29.7 Å². The van der Waals surface area contributed by atoms with Gasteiger partial charge in [0.05, 0.1) is 11.1 Å². The van der Waals surface area contributed by atoms with Crippen LogP contribution in [0.4, 0.5) is 24.8 Å². The van der Waals surface area contributed by atoms with Crippen molar-refractivity contribution < 1.29 is 18.0 Å². The zero-order valence-electron chi connectivity index (χ0n) is 23.5. The molecular weight excluding hydrogens is 529 g/mol. The van der Waals surface area contributed by atoms with Crippen LogP contribution >= 0.6 is 0 Å². The lowest BCUT2D eigenvalue weighted by Gasteiger charge is -2.18. The molecule has 1 heterocycles. The first-order valence-electron chi connectivity index (χ1n) is 13.7. The Morgan fingerprint density at radius 1 is 1.07 bits per heavy atom. The molecule has 0 radical (unpaired) electrons. The summed E-state index contributed by atoms with van der Waals surface area (Å²) >= 11 is 0. The zero-order chi connectivity index (χ0) is 29.4. The molecular formula is C31H35F3N6O. The van der Waals surface area contributed by atoms with Crippen molar-refractivity contribution in [2.75, 3.05) is 37.3 Å². The number of anilines is 2. The molecule has 2 aromatic carbocycles. The summed E-state index contributed by atoms with van der Waals surface area (Å²) in [6, 6.07) is 9.33. The molecule has 0 saturated heterocycles. The Labute approximate surface area is 239 Å². The summed E-state index contributed by atoms with van der Waals surface area (Å²) in [5, 5.41) is 8.90. The van der Waals surface area contributed by atoms with Gasteiger partial charge in [0.25, 0.3) is 5.91 Å². The van der Waals surface area contributed by atoms with Crippen LogP contribution in [0.15, 0.2) is 48.8 Å². The van der Waals surface area contributed by atoms with Gasteiger partial charge in [-0.05, 0) is 75.2 Å². The Hall–Kier alpha value is -3.94. The standard InChI is InChI=1S/C31H35F3N6O/c1-4-14-40(3)15-13-35-20-25-9-10-27(17-28(25)31(32,33)34)38-29(41)24-7-5-21(2)23(16-24)8-6-22-18-36-30(37-19-22)39-26-11-12-26/h5,7,9-10,16-19,26,35H,4,11-15,20H2,1-3H3,(H,38,41)(H,36,37,39). The first-order chi connectivity index (χ1) is 19.6. The highest BCUT2D eigenvalue weighted by Gasteiger charge is 2.33. The number of benzene rings is 2. The van der Waals surface area contributed by atoms with Crippen LogP contribution in [0.3, 0.4) is 0 Å². The van der Waals surface area contributed by atoms with E-state index in [-0.39, 0.29) is 23.4 Å². The third-order valence-corrected chi connectivity index (χ3v) is 6.67. The molecule has 0 atom stereocenters. The van der Waals surface area contributed by atoms with Crippen molar-refractivity contribution in [1.82, 2.24) is 20.2 Å². The van der Waals surface area contributed by atoms with Gasteiger partial charge in [-0.25, -0.2) is 9.97 Å². The maximum Gasteiger partial charge on any atom is 0.416 e. The Morgan fingerprint density at radius 2 is 1.83 bits per heavy atom. The van der Waals surface area contributed by atoms with Crippen LogP contribution in [0.2, 0.25) is 0 Å². The average molecular weight is 565 g/mol. The summed E-state index contributed by atoms with van der Waals surface area (Å²) < 4.78 is 41.6. The summed E-state index contributed by atoms with van der Waals surface area (Å²) in [4.78, 5) is 23.6. The van der Waals surface area contributed by atoms with Crippen molar-refractivity contribution in [2.24, 2.45) is 0 Å². The van der Waals surface area contributed by atoms with Crippen LogP contribution in [0.5, 0.6) is 0 Å². The molecule has 1 saturated carbocycles. The molecule has 1 aromatic heterocycles. The van der Waals surface area contributed by atoms with Crippen molar-refractivity contribution in [1.29, 1.82) is 0 Å². The van der Waals surface area contributed by atoms with E-state index in [1.54, 1.807) is 30.6 Å². The first-order valence-corrected chi connectivity index (χ1v) is 13.7. The minimum absolute atomic E-state index is 0.0685. The van der Waals surface area contributed by atoms with Crippen molar-refractivity contribution in [3.8, 4) is 11.8 Å². The van der Waals surface area contributed by atoms with Crippen LogP contribution in [0.25, 0.3) is 0 Å². The largest absolute Gasteiger partial charge is 0.416 e. The first kappa shape index (κ1) is 30.0. The Balaban J connectivity index is 1.42. The fourth-order valence-corrected chi connectivity index (χ4v) is 4.18. The van der Waals surface area contributed by atoms with Crippen LogP contribution in [-0.4, -0.2) is 53.5 Å². The van der Waals surface area contributed by atoms with E-state index < -0.39 is 17.6 Å². The molecule has 0 aliphatic heterocycles. The number of halogens is 3. The van der Waals surface area contributed by atoms with Gasteiger partial charge in [-0.1, -0.05) is 30.9 Å². The van der Waals surface area contributed by atoms with Gasteiger partial charge in [-0.15, -0.1) is 0 Å². The van der Waals surface area contributed by atoms with Gasteiger partial charge in [0.1, 0.15) is 0 Å². The van der Waals surface area contributed by atoms with E-state index in [2.05, 4.69) is 49.6 Å². The van der Waals surface area contributed by atoms with Crippen molar-refractivity contribution >= 4 is 17.5 Å². The van der Waals surface area contributed by atoms with Gasteiger partial charge in [-0.2, -0.15) is 13.2 Å². The second-order valence-electron chi connectivity index (χ2n) is 10.3. The number of carbonyl (C=O) groups excluding carboxylic acids is 1. The molecule has 1 aliphatic rings. The third-order valence-electron chi connectivity index (χ3n) is 6.67. The van der Waals surface area contributed by atoms with E-state index in [4.69, 9.17) is 0 Å². The lowest BCUT2D eigenvalue weighted by atomic mass is 10.0. The zero-order valence-corrected chi connectivity index (χ0v) is 23.5. The van der Waals surface area contributed by atoms with Crippen LogP contribution in [-0.2, 0) is 12.7 Å². The summed E-state index contributed by atoms with van der Waals surface area (Å²) in [5.41, 5.74) is 1.82. The highest BCUT2D eigenvalue weighted by molar-refractivity contribution is 6.04. The van der Waals surface area contributed by atoms with Crippen molar-refractivity contribution in [2.45, 2.75) is 51.9 Å². The molecule has 41 heavy (non-hydrogen) atoms. The lowest BCUT2D eigenvalue weighted by molar-refractivity contribution is -0.138. The minimum Gasteiger partial charge on any atom is -0.351 e. The summed E-state index contributed by atoms with van der Waals surface area (Å²) in [7, 11) is 1.98. The second kappa shape index (κ2) is 13.6. The number of nitrogens with one attached hydrogen (secondary N) is 3. The van der Waals surface area contributed by atoms with Crippen LogP contribution < -0.4 is 16.0 Å². The van der Waals surface area contributed by atoms with Gasteiger partial charge >= 0.3 is 6.18 Å². The monoisotopic (exact) mass is 564 g/mol. The molecule has 10 heteroatoms. The highest BCUT2D eigenvalue weighted by atomic mass is 19.4. The molecule has 1 fully saturated rings. The van der Waals surface area contributed by atoms with E-state index in [9.17, 15) is 18.0 Å². The third kappa shape index (κ3) is 9.03. The molecule has 3 aromatic rings. The summed E-state index contributed by atoms with van der Waals surface area (Å²) in [6.45, 7) is 6.27. The number of likely N-dealkylation sites (N-methyl/N-ethyl adjacent to an activating group) is 1. The predicted octanol–water partition coefficient (Wildman–Crippen LogP) is 5.46. The molecule has 0 bridgehead atoms. The maximum atomic E-state index is 13.9. The predicted molar refractivity (Wildman–Crippen MR) is 155 cm³/mol. The Kier molecular flexibility index (Phi) is 9.97. The summed E-state index contributed by atoms with van der Waals surface area (Å²) in [6.07, 6.45) is 1.98. The number of hydrogen-bond donors (Lipinski definition) is 3. The van der Waals surface area contributed by atoms with Gasteiger partial charge in [-0.3, -0.25) is 4.79 Å². The highest BCUT2D eigenvalue weighted by Crippen LogP contribution is 2.34. The van der Waals surface area contributed by atoms with E-state index in [1.165, 1.54) is 12.1 Å². The number of hydrogen-bond acceptors (Lipinski definition) is 6. The normalized spacial score (nSPS) is 13.0. The fourth-order valence-electron chi connectivity index (χ4n) is 4.18. The van der Waals surface area contributed by atoms with E-state index >= 15 is 0 Å². The topological polar surface area (TPSA) is 82.2 Å². The minimum atomic E-state index is -4.56. The quantitative estimate of drug-likeness (QED) is 0.212. The second-order valence-corrected chi connectivity index (χ2v) is 10.3. The molecule has 7 nitrogen and oxygen atoms in total. The Morgan fingerprint density at radius 3 is 2.51 bits per heavy atom. The van der Waals surface area contributed by atoms with Crippen molar-refractivity contribution in [3.05, 3.63) is 82.2 Å². The van der Waals surface area contributed by atoms with Crippen molar-refractivity contribution in [3.63, 3.8) is 0 Å². The number of aromatic nitrogens is 2. The van der Waals surface area contributed by atoms with E-state index in [0.717, 1.165) is 44.0 Å². The fraction of sp³-hybridized carbons (Fsp3) is 0.387. The van der Waals surface area contributed by atoms with Gasteiger partial charge in [0.15, 0.2) is 0 Å². The number of aryl methyl sites for hydroxylation is 1. The summed E-state index contributed by atoms with van der Waals surface area (Å²) in [5.74, 6) is 6.10. The van der Waals surface area contributed by atoms with Crippen LogP contribution in [0, 0.1) is 18.8 Å².